The van der Waals surface area contributed by atoms with Crippen LogP contribution in [0.25, 0.3) is 0 Å². The first-order valence-electron chi connectivity index (χ1n) is 6.93. The van der Waals surface area contributed by atoms with Gasteiger partial charge in [0.1, 0.15) is 5.75 Å². The van der Waals surface area contributed by atoms with Crippen LogP contribution in [0.4, 0.5) is 13.2 Å². The van der Waals surface area contributed by atoms with Crippen molar-refractivity contribution in [1.29, 1.82) is 0 Å². The largest absolute Gasteiger partial charge is 0.508 e. The smallest absolute Gasteiger partial charge is 0.416 e. The summed E-state index contributed by atoms with van der Waals surface area (Å²) in [6, 6.07) is 2.81. The van der Waals surface area contributed by atoms with Crippen LogP contribution in [-0.2, 0) is 17.5 Å². The molecule has 124 valence electrons. The Balaban J connectivity index is 2.68. The van der Waals surface area contributed by atoms with E-state index < -0.39 is 29.4 Å². The first kappa shape index (κ1) is 18.3. The van der Waals surface area contributed by atoms with Gasteiger partial charge in [-0.1, -0.05) is 13.8 Å². The number of aromatic hydroxyl groups is 1. The monoisotopic (exact) mass is 319 g/mol. The predicted octanol–water partition coefficient (Wildman–Crippen LogP) is 3.25. The van der Waals surface area contributed by atoms with Crippen LogP contribution in [-0.4, -0.2) is 22.7 Å². The zero-order chi connectivity index (χ0) is 16.9. The molecule has 0 radical (unpaired) electrons. The third-order valence-electron chi connectivity index (χ3n) is 3.13. The maximum absolute atomic E-state index is 12.6. The second kappa shape index (κ2) is 7.49. The van der Waals surface area contributed by atoms with Crippen molar-refractivity contribution in [2.45, 2.75) is 33.0 Å². The highest BCUT2D eigenvalue weighted by molar-refractivity contribution is 5.70. The van der Waals surface area contributed by atoms with Crippen molar-refractivity contribution in [2.24, 2.45) is 11.8 Å². The molecule has 0 aliphatic heterocycles. The summed E-state index contributed by atoms with van der Waals surface area (Å²) >= 11 is 0. The molecule has 7 heteroatoms. The Hall–Kier alpha value is -1.76. The molecule has 1 aromatic rings. The Morgan fingerprint density at radius 2 is 1.91 bits per heavy atom. The summed E-state index contributed by atoms with van der Waals surface area (Å²) in [6.07, 6.45) is -4.05. The molecule has 4 nitrogen and oxygen atoms in total. The lowest BCUT2D eigenvalue weighted by atomic mass is 9.97. The zero-order valence-electron chi connectivity index (χ0n) is 12.4. The highest BCUT2D eigenvalue weighted by Crippen LogP contribution is 2.32. The normalized spacial score (nSPS) is 13.4. The Bertz CT molecular complexity index is 515. The summed E-state index contributed by atoms with van der Waals surface area (Å²) in [5.74, 6) is -1.79. The van der Waals surface area contributed by atoms with Crippen molar-refractivity contribution >= 4 is 5.97 Å². The Kier molecular flexibility index (Phi) is 6.22. The summed E-state index contributed by atoms with van der Waals surface area (Å²) in [7, 11) is 0. The molecule has 0 spiro atoms. The van der Waals surface area contributed by atoms with Crippen molar-refractivity contribution in [2.75, 3.05) is 6.54 Å². The third kappa shape index (κ3) is 5.93. The molecule has 1 rings (SSSR count). The van der Waals surface area contributed by atoms with Gasteiger partial charge in [-0.05, 0) is 36.1 Å². The van der Waals surface area contributed by atoms with Gasteiger partial charge in [-0.25, -0.2) is 0 Å². The minimum Gasteiger partial charge on any atom is -0.508 e. The van der Waals surface area contributed by atoms with Crippen molar-refractivity contribution in [3.8, 4) is 5.75 Å². The summed E-state index contributed by atoms with van der Waals surface area (Å²) in [5, 5.41) is 21.3. The van der Waals surface area contributed by atoms with E-state index in [-0.39, 0.29) is 24.6 Å². The van der Waals surface area contributed by atoms with Gasteiger partial charge in [0.15, 0.2) is 0 Å². The minimum atomic E-state index is -4.53. The number of benzene rings is 1. The standard InChI is InChI=1S/C15H20F3NO3/c1-9(2)3-11(14(21)22)8-19-7-10-4-12(15(16,17)18)6-13(20)5-10/h4-6,9,11,19-20H,3,7-8H2,1-2H3,(H,21,22). The number of carboxylic acids is 1. The Labute approximate surface area is 127 Å². The van der Waals surface area contributed by atoms with Gasteiger partial charge in [0.2, 0.25) is 0 Å². The molecule has 1 atom stereocenters. The topological polar surface area (TPSA) is 69.6 Å². The molecule has 1 unspecified atom stereocenters. The van der Waals surface area contributed by atoms with Crippen LogP contribution >= 0.6 is 0 Å². The van der Waals surface area contributed by atoms with Gasteiger partial charge in [-0.3, -0.25) is 4.79 Å². The molecule has 0 aliphatic carbocycles. The molecule has 0 saturated carbocycles. The summed E-state index contributed by atoms with van der Waals surface area (Å²) in [5.41, 5.74) is -0.678. The fourth-order valence-electron chi connectivity index (χ4n) is 2.17. The number of halogens is 3. The lowest BCUT2D eigenvalue weighted by Gasteiger charge is -2.16. The summed E-state index contributed by atoms with van der Waals surface area (Å²) < 4.78 is 37.9. The number of alkyl halides is 3. The van der Waals surface area contributed by atoms with E-state index in [0.29, 0.717) is 12.5 Å². The number of rotatable bonds is 7. The minimum absolute atomic E-state index is 0.0549. The Morgan fingerprint density at radius 1 is 1.27 bits per heavy atom. The van der Waals surface area contributed by atoms with E-state index in [4.69, 9.17) is 5.11 Å². The third-order valence-corrected chi connectivity index (χ3v) is 3.13. The van der Waals surface area contributed by atoms with E-state index in [1.54, 1.807) is 0 Å². The number of carboxylic acid groups (broad SMARTS) is 1. The lowest BCUT2D eigenvalue weighted by Crippen LogP contribution is -2.29. The average Bonchev–Trinajstić information content (AvgIpc) is 2.35. The Morgan fingerprint density at radius 3 is 2.41 bits per heavy atom. The second-order valence-electron chi connectivity index (χ2n) is 5.68. The molecular weight excluding hydrogens is 299 g/mol. The van der Waals surface area contributed by atoms with E-state index in [2.05, 4.69) is 5.32 Å². The zero-order valence-corrected chi connectivity index (χ0v) is 12.4. The first-order chi connectivity index (χ1) is 10.1. The van der Waals surface area contributed by atoms with Gasteiger partial charge in [0, 0.05) is 13.1 Å². The second-order valence-corrected chi connectivity index (χ2v) is 5.68. The SMILES string of the molecule is CC(C)CC(CNCc1cc(O)cc(C(F)(F)F)c1)C(=O)O. The van der Waals surface area contributed by atoms with Crippen LogP contribution in [0.3, 0.4) is 0 Å². The van der Waals surface area contributed by atoms with E-state index in [9.17, 15) is 23.1 Å². The molecule has 0 saturated heterocycles. The van der Waals surface area contributed by atoms with Crippen LogP contribution in [0.5, 0.6) is 5.75 Å². The maximum atomic E-state index is 12.6. The molecule has 0 fully saturated rings. The maximum Gasteiger partial charge on any atom is 0.416 e. The van der Waals surface area contributed by atoms with Gasteiger partial charge in [0.05, 0.1) is 11.5 Å². The van der Waals surface area contributed by atoms with Crippen LogP contribution in [0, 0.1) is 11.8 Å². The molecule has 0 bridgehead atoms. The number of phenolic OH excluding ortho intramolecular Hbond substituents is 1. The number of carbonyl (C=O) groups is 1. The predicted molar refractivity (Wildman–Crippen MR) is 75.4 cm³/mol. The highest BCUT2D eigenvalue weighted by Gasteiger charge is 2.31. The van der Waals surface area contributed by atoms with Gasteiger partial charge in [-0.2, -0.15) is 13.2 Å². The van der Waals surface area contributed by atoms with Crippen LogP contribution in [0.1, 0.15) is 31.4 Å². The van der Waals surface area contributed by atoms with E-state index >= 15 is 0 Å². The van der Waals surface area contributed by atoms with Crippen LogP contribution in [0.15, 0.2) is 18.2 Å². The lowest BCUT2D eigenvalue weighted by molar-refractivity contribution is -0.142. The molecule has 0 aromatic heterocycles. The van der Waals surface area contributed by atoms with E-state index in [0.717, 1.165) is 6.07 Å². The number of hydrogen-bond donors (Lipinski definition) is 3. The molecule has 22 heavy (non-hydrogen) atoms. The van der Waals surface area contributed by atoms with Gasteiger partial charge < -0.3 is 15.5 Å². The molecular formula is C15H20F3NO3. The first-order valence-corrected chi connectivity index (χ1v) is 6.93. The number of phenols is 1. The fraction of sp³-hybridized carbons (Fsp3) is 0.533. The van der Waals surface area contributed by atoms with Crippen molar-refractivity contribution in [3.63, 3.8) is 0 Å². The summed E-state index contributed by atoms with van der Waals surface area (Å²) in [6.45, 7) is 4.02. The molecule has 1 aromatic carbocycles. The number of hydrogen-bond acceptors (Lipinski definition) is 3. The van der Waals surface area contributed by atoms with Crippen LogP contribution < -0.4 is 5.32 Å². The van der Waals surface area contributed by atoms with Gasteiger partial charge >= 0.3 is 12.1 Å². The molecule has 3 N–H and O–H groups in total. The van der Waals surface area contributed by atoms with Crippen molar-refractivity contribution < 1.29 is 28.2 Å². The average molecular weight is 319 g/mol. The van der Waals surface area contributed by atoms with Crippen molar-refractivity contribution in [3.05, 3.63) is 29.3 Å². The number of nitrogens with one attached hydrogen (secondary N) is 1. The van der Waals surface area contributed by atoms with Gasteiger partial charge in [-0.15, -0.1) is 0 Å². The van der Waals surface area contributed by atoms with Crippen LogP contribution in [0.2, 0.25) is 0 Å². The summed E-state index contributed by atoms with van der Waals surface area (Å²) in [4.78, 5) is 11.1. The molecule has 0 aliphatic rings. The number of aliphatic carboxylic acids is 1. The quantitative estimate of drug-likeness (QED) is 0.721. The van der Waals surface area contributed by atoms with E-state index in [1.165, 1.54) is 6.07 Å². The van der Waals surface area contributed by atoms with Gasteiger partial charge in [0.25, 0.3) is 0 Å². The highest BCUT2D eigenvalue weighted by atomic mass is 19.4. The molecule has 0 amide bonds. The fourth-order valence-corrected chi connectivity index (χ4v) is 2.17. The van der Waals surface area contributed by atoms with E-state index in [1.807, 2.05) is 13.8 Å². The van der Waals surface area contributed by atoms with Crippen molar-refractivity contribution in [1.82, 2.24) is 5.32 Å². The molecule has 0 heterocycles.